The average molecular weight is 331 g/mol. The first-order valence-corrected chi connectivity index (χ1v) is 9.25. The average Bonchev–Trinajstić information content (AvgIpc) is 3.24. The number of fused-ring (bicyclic) bond motifs is 3. The van der Waals surface area contributed by atoms with Crippen LogP contribution in [0.2, 0.25) is 0 Å². The zero-order valence-corrected chi connectivity index (χ0v) is 14.1. The minimum absolute atomic E-state index is 0.0725. The number of carbonyl (C=O) groups is 1. The van der Waals surface area contributed by atoms with E-state index in [0.717, 1.165) is 22.0 Å². The largest absolute Gasteiger partial charge is 0.280 e. The molecule has 5 nitrogen and oxygen atoms in total. The van der Waals surface area contributed by atoms with E-state index in [-0.39, 0.29) is 11.5 Å². The van der Waals surface area contributed by atoms with Gasteiger partial charge in [-0.1, -0.05) is 13.3 Å². The van der Waals surface area contributed by atoms with Gasteiger partial charge in [-0.3, -0.25) is 15.0 Å². The number of hydrogen-bond acceptors (Lipinski definition) is 4. The molecule has 2 bridgehead atoms. The fourth-order valence-corrected chi connectivity index (χ4v) is 5.20. The van der Waals surface area contributed by atoms with Crippen molar-refractivity contribution in [2.45, 2.75) is 45.4 Å². The minimum atomic E-state index is -0.188. The van der Waals surface area contributed by atoms with Gasteiger partial charge in [-0.2, -0.15) is 0 Å². The van der Waals surface area contributed by atoms with E-state index in [9.17, 15) is 9.59 Å². The molecular formula is C17H21N3O2S. The summed E-state index contributed by atoms with van der Waals surface area (Å²) < 4.78 is 1.24. The SMILES string of the molecule is CCc1cc2c(=O)n(NC(=O)C[C@H]3C[C@H]4CC[C@H]3C4)cnc2s1. The van der Waals surface area contributed by atoms with Gasteiger partial charge in [-0.05, 0) is 49.5 Å². The molecule has 0 spiro atoms. The van der Waals surface area contributed by atoms with Crippen molar-refractivity contribution in [3.05, 3.63) is 27.6 Å². The van der Waals surface area contributed by atoms with E-state index in [1.165, 1.54) is 48.0 Å². The summed E-state index contributed by atoms with van der Waals surface area (Å²) in [6.45, 7) is 2.06. The molecule has 0 unspecified atom stereocenters. The highest BCUT2D eigenvalue weighted by Crippen LogP contribution is 2.49. The van der Waals surface area contributed by atoms with Gasteiger partial charge in [-0.15, -0.1) is 11.3 Å². The summed E-state index contributed by atoms with van der Waals surface area (Å²) in [4.78, 5) is 30.9. The molecule has 2 aliphatic carbocycles. The van der Waals surface area contributed by atoms with Gasteiger partial charge < -0.3 is 0 Å². The highest BCUT2D eigenvalue weighted by Gasteiger charge is 2.40. The number of nitrogens with one attached hydrogen (secondary N) is 1. The highest BCUT2D eigenvalue weighted by molar-refractivity contribution is 7.18. The van der Waals surface area contributed by atoms with Gasteiger partial charge in [0.15, 0.2) is 0 Å². The molecule has 6 heteroatoms. The molecule has 1 N–H and O–H groups in total. The monoisotopic (exact) mass is 331 g/mol. The Morgan fingerprint density at radius 3 is 3.00 bits per heavy atom. The summed E-state index contributed by atoms with van der Waals surface area (Å²) in [5.41, 5.74) is 2.54. The summed E-state index contributed by atoms with van der Waals surface area (Å²) in [6, 6.07) is 1.88. The first-order valence-electron chi connectivity index (χ1n) is 8.44. The van der Waals surface area contributed by atoms with Crippen LogP contribution < -0.4 is 11.0 Å². The number of nitrogens with zero attached hydrogens (tertiary/aromatic N) is 2. The lowest BCUT2D eigenvalue weighted by atomic mass is 9.86. The Bertz CT molecular complexity index is 810. The predicted octanol–water partition coefficient (Wildman–Crippen LogP) is 2.92. The number of hydrogen-bond donors (Lipinski definition) is 1. The topological polar surface area (TPSA) is 64.0 Å². The molecule has 2 aromatic rings. The van der Waals surface area contributed by atoms with Crippen LogP contribution in [0.15, 0.2) is 17.2 Å². The van der Waals surface area contributed by atoms with Gasteiger partial charge in [-0.25, -0.2) is 9.66 Å². The lowest BCUT2D eigenvalue weighted by Gasteiger charge is -2.21. The Balaban J connectivity index is 1.49. The molecule has 0 aromatic carbocycles. The van der Waals surface area contributed by atoms with Crippen molar-refractivity contribution in [2.24, 2.45) is 17.8 Å². The van der Waals surface area contributed by atoms with Gasteiger partial charge in [0, 0.05) is 11.3 Å². The van der Waals surface area contributed by atoms with Gasteiger partial charge in [0.2, 0.25) is 5.91 Å². The first-order chi connectivity index (χ1) is 11.1. The Morgan fingerprint density at radius 1 is 1.43 bits per heavy atom. The molecule has 4 rings (SSSR count). The van der Waals surface area contributed by atoms with Crippen LogP contribution in [-0.4, -0.2) is 15.6 Å². The maximum absolute atomic E-state index is 12.5. The molecule has 1 amide bonds. The van der Waals surface area contributed by atoms with Crippen molar-refractivity contribution in [1.29, 1.82) is 0 Å². The van der Waals surface area contributed by atoms with Crippen molar-refractivity contribution >= 4 is 27.5 Å². The maximum atomic E-state index is 12.5. The number of thiophene rings is 1. The van der Waals surface area contributed by atoms with Crippen molar-refractivity contribution in [1.82, 2.24) is 9.66 Å². The number of aryl methyl sites for hydroxylation is 1. The summed E-state index contributed by atoms with van der Waals surface area (Å²) >= 11 is 1.54. The van der Waals surface area contributed by atoms with Crippen LogP contribution in [-0.2, 0) is 11.2 Å². The van der Waals surface area contributed by atoms with E-state index in [1.54, 1.807) is 0 Å². The zero-order valence-electron chi connectivity index (χ0n) is 13.2. The van der Waals surface area contributed by atoms with E-state index in [2.05, 4.69) is 17.3 Å². The fourth-order valence-electron chi connectivity index (χ4n) is 4.27. The lowest BCUT2D eigenvalue weighted by molar-refractivity contribution is -0.118. The third kappa shape index (κ3) is 2.69. The fraction of sp³-hybridized carbons (Fsp3) is 0.588. The standard InChI is InChI=1S/C17H21N3O2S/c1-2-13-8-14-16(23-13)18-9-20(17(14)22)19-15(21)7-12-6-10-3-4-11(12)5-10/h8-12H,2-7H2,1H3,(H,19,21)/t10-,11-,12+/m0/s1. The van der Waals surface area contributed by atoms with Crippen LogP contribution in [0.25, 0.3) is 10.2 Å². The van der Waals surface area contributed by atoms with Crippen LogP contribution in [0.4, 0.5) is 0 Å². The molecule has 0 radical (unpaired) electrons. The zero-order chi connectivity index (χ0) is 16.0. The molecule has 2 heterocycles. The van der Waals surface area contributed by atoms with Crippen molar-refractivity contribution < 1.29 is 4.79 Å². The van der Waals surface area contributed by atoms with Crippen molar-refractivity contribution in [2.75, 3.05) is 5.43 Å². The van der Waals surface area contributed by atoms with Gasteiger partial charge in [0.05, 0.1) is 5.39 Å². The Hall–Kier alpha value is -1.69. The molecule has 3 atom stereocenters. The van der Waals surface area contributed by atoms with Gasteiger partial charge in [0.25, 0.3) is 5.56 Å². The Kier molecular flexibility index (Phi) is 3.71. The molecule has 0 aliphatic heterocycles. The third-order valence-electron chi connectivity index (χ3n) is 5.43. The third-order valence-corrected chi connectivity index (χ3v) is 6.62. The molecule has 2 saturated carbocycles. The molecule has 122 valence electrons. The van der Waals surface area contributed by atoms with Crippen LogP contribution in [0.5, 0.6) is 0 Å². The van der Waals surface area contributed by atoms with Gasteiger partial charge in [0.1, 0.15) is 11.2 Å². The van der Waals surface area contributed by atoms with E-state index >= 15 is 0 Å². The Morgan fingerprint density at radius 2 is 2.30 bits per heavy atom. The Labute approximate surface area is 138 Å². The van der Waals surface area contributed by atoms with Crippen LogP contribution in [0.1, 0.15) is 43.9 Å². The van der Waals surface area contributed by atoms with E-state index < -0.39 is 0 Å². The van der Waals surface area contributed by atoms with E-state index in [0.29, 0.717) is 23.6 Å². The van der Waals surface area contributed by atoms with E-state index in [1.807, 2.05) is 6.07 Å². The number of rotatable bonds is 4. The van der Waals surface area contributed by atoms with Crippen molar-refractivity contribution in [3.63, 3.8) is 0 Å². The van der Waals surface area contributed by atoms with Gasteiger partial charge >= 0.3 is 0 Å². The lowest BCUT2D eigenvalue weighted by Crippen LogP contribution is -2.34. The number of amides is 1. The summed E-state index contributed by atoms with van der Waals surface area (Å²) in [5, 5.41) is 0.592. The molecule has 23 heavy (non-hydrogen) atoms. The number of carbonyl (C=O) groups excluding carboxylic acids is 1. The molecule has 2 fully saturated rings. The second-order valence-electron chi connectivity index (χ2n) is 6.88. The molecule has 0 saturated heterocycles. The maximum Gasteiger partial charge on any atom is 0.280 e. The highest BCUT2D eigenvalue weighted by atomic mass is 32.1. The predicted molar refractivity (Wildman–Crippen MR) is 91.2 cm³/mol. The molecule has 2 aromatic heterocycles. The second kappa shape index (κ2) is 5.74. The number of aromatic nitrogens is 2. The normalized spacial score (nSPS) is 26.0. The van der Waals surface area contributed by atoms with Crippen LogP contribution >= 0.6 is 11.3 Å². The van der Waals surface area contributed by atoms with Crippen LogP contribution in [0, 0.1) is 17.8 Å². The molecular weight excluding hydrogens is 310 g/mol. The van der Waals surface area contributed by atoms with Crippen LogP contribution in [0.3, 0.4) is 0 Å². The molecule has 2 aliphatic rings. The smallest absolute Gasteiger partial charge is 0.273 e. The first kappa shape index (κ1) is 14.9. The minimum Gasteiger partial charge on any atom is -0.273 e. The van der Waals surface area contributed by atoms with Crippen molar-refractivity contribution in [3.8, 4) is 0 Å². The summed E-state index contributed by atoms with van der Waals surface area (Å²) in [6.07, 6.45) is 7.91. The van der Waals surface area contributed by atoms with E-state index in [4.69, 9.17) is 0 Å². The second-order valence-corrected chi connectivity index (χ2v) is 7.99. The quantitative estimate of drug-likeness (QED) is 0.937. The summed E-state index contributed by atoms with van der Waals surface area (Å²) in [7, 11) is 0. The summed E-state index contributed by atoms with van der Waals surface area (Å²) in [5.74, 6) is 1.97.